The second kappa shape index (κ2) is 21.6. The number of unbranched alkanes of at least 4 members (excludes halogenated alkanes) is 9. The molecule has 5 aromatic rings. The molecule has 0 heterocycles. The van der Waals surface area contributed by atoms with Gasteiger partial charge in [0.05, 0.1) is 12.2 Å². The standard InChI is InChI=1S/C46H48O8/c1-2-3-4-5-6-7-8-9-10-20-32-50-42-30-18-19-31-43(42)54-46(49)39-27-15-17-29-41(39)53-45(48)38-26-14-16-28-40(38)52-44(47)36-24-21-25-37(33-36)51-34-35-22-12-11-13-23-35/h11-19,21-31,33H,2-10,20,32,34H2,1H3. The highest BCUT2D eigenvalue weighted by molar-refractivity contribution is 5.99. The third-order valence-corrected chi connectivity index (χ3v) is 8.74. The lowest BCUT2D eigenvalue weighted by Gasteiger charge is -2.14. The van der Waals surface area contributed by atoms with Crippen LogP contribution in [0.25, 0.3) is 0 Å². The summed E-state index contributed by atoms with van der Waals surface area (Å²) in [4.78, 5) is 40.1. The Morgan fingerprint density at radius 2 is 0.944 bits per heavy atom. The molecule has 8 heteroatoms. The van der Waals surface area contributed by atoms with Gasteiger partial charge in [0.1, 0.15) is 35.0 Å². The van der Waals surface area contributed by atoms with E-state index in [0.29, 0.717) is 24.7 Å². The van der Waals surface area contributed by atoms with Gasteiger partial charge in [0.25, 0.3) is 0 Å². The lowest BCUT2D eigenvalue weighted by Crippen LogP contribution is -2.17. The van der Waals surface area contributed by atoms with Crippen LogP contribution in [-0.2, 0) is 6.61 Å². The number of hydrogen-bond donors (Lipinski definition) is 0. The van der Waals surface area contributed by atoms with E-state index >= 15 is 0 Å². The lowest BCUT2D eigenvalue weighted by molar-refractivity contribution is 0.0697. The van der Waals surface area contributed by atoms with Crippen molar-refractivity contribution in [3.05, 3.63) is 150 Å². The minimum atomic E-state index is -0.821. The third kappa shape index (κ3) is 12.4. The monoisotopic (exact) mass is 728 g/mol. The van der Waals surface area contributed by atoms with Crippen LogP contribution >= 0.6 is 0 Å². The van der Waals surface area contributed by atoms with E-state index in [2.05, 4.69) is 6.92 Å². The molecule has 0 atom stereocenters. The molecule has 0 aliphatic rings. The smallest absolute Gasteiger partial charge is 0.347 e. The van der Waals surface area contributed by atoms with Crippen molar-refractivity contribution in [3.8, 4) is 28.7 Å². The minimum absolute atomic E-state index is 0.00310. The number of carbonyl (C=O) groups is 3. The molecule has 0 N–H and O–H groups in total. The molecule has 0 saturated carbocycles. The molecule has 0 fully saturated rings. The van der Waals surface area contributed by atoms with Crippen molar-refractivity contribution in [1.82, 2.24) is 0 Å². The zero-order chi connectivity index (χ0) is 37.8. The molecule has 5 rings (SSSR count). The van der Waals surface area contributed by atoms with Gasteiger partial charge in [-0.2, -0.15) is 0 Å². The summed E-state index contributed by atoms with van der Waals surface area (Å²) in [7, 11) is 0. The fourth-order valence-corrected chi connectivity index (χ4v) is 5.80. The van der Waals surface area contributed by atoms with Gasteiger partial charge in [-0.25, -0.2) is 14.4 Å². The number of hydrogen-bond acceptors (Lipinski definition) is 8. The van der Waals surface area contributed by atoms with E-state index in [1.165, 1.54) is 75.6 Å². The van der Waals surface area contributed by atoms with E-state index in [9.17, 15) is 14.4 Å². The van der Waals surface area contributed by atoms with Crippen LogP contribution in [0.5, 0.6) is 28.7 Å². The quantitative estimate of drug-likeness (QED) is 0.0418. The van der Waals surface area contributed by atoms with Gasteiger partial charge in [0.15, 0.2) is 11.5 Å². The normalized spacial score (nSPS) is 10.7. The van der Waals surface area contributed by atoms with E-state index in [1.807, 2.05) is 36.4 Å². The molecule has 0 saturated heterocycles. The Morgan fingerprint density at radius 3 is 1.57 bits per heavy atom. The van der Waals surface area contributed by atoms with E-state index in [4.69, 9.17) is 23.7 Å². The number of para-hydroxylation sites is 4. The Bertz CT molecular complexity index is 1940. The molecular formula is C46H48O8. The first-order valence-electron chi connectivity index (χ1n) is 18.8. The number of esters is 3. The average molecular weight is 729 g/mol. The first kappa shape index (κ1) is 39.3. The number of carbonyl (C=O) groups excluding carboxylic acids is 3. The summed E-state index contributed by atoms with van der Waals surface area (Å²) in [6.07, 6.45) is 12.2. The van der Waals surface area contributed by atoms with Crippen LogP contribution in [0.2, 0.25) is 0 Å². The summed E-state index contributed by atoms with van der Waals surface area (Å²) in [5, 5.41) is 0. The van der Waals surface area contributed by atoms with Crippen molar-refractivity contribution in [2.45, 2.75) is 77.7 Å². The zero-order valence-corrected chi connectivity index (χ0v) is 30.9. The first-order valence-corrected chi connectivity index (χ1v) is 18.8. The van der Waals surface area contributed by atoms with Gasteiger partial charge in [0.2, 0.25) is 0 Å². The zero-order valence-electron chi connectivity index (χ0n) is 30.9. The fraction of sp³-hybridized carbons (Fsp3) is 0.283. The van der Waals surface area contributed by atoms with Gasteiger partial charge in [-0.15, -0.1) is 0 Å². The Labute approximate surface area is 318 Å². The van der Waals surface area contributed by atoms with Crippen LogP contribution in [0.4, 0.5) is 0 Å². The van der Waals surface area contributed by atoms with Gasteiger partial charge >= 0.3 is 17.9 Å². The summed E-state index contributed by atoms with van der Waals surface area (Å²) in [6, 6.07) is 35.8. The predicted octanol–water partition coefficient (Wildman–Crippen LogP) is 11.2. The van der Waals surface area contributed by atoms with Crippen LogP contribution in [0.3, 0.4) is 0 Å². The molecule has 0 aliphatic heterocycles. The molecule has 5 aromatic carbocycles. The summed E-state index contributed by atoms with van der Waals surface area (Å²) >= 11 is 0. The molecule has 0 bridgehead atoms. The topological polar surface area (TPSA) is 97.4 Å². The van der Waals surface area contributed by atoms with Crippen LogP contribution in [0.15, 0.2) is 127 Å². The molecule has 0 radical (unpaired) electrons. The summed E-state index contributed by atoms with van der Waals surface area (Å²) in [5.41, 5.74) is 1.26. The van der Waals surface area contributed by atoms with Crippen molar-refractivity contribution >= 4 is 17.9 Å². The Balaban J connectivity index is 1.16. The molecule has 0 spiro atoms. The second-order valence-corrected chi connectivity index (χ2v) is 12.9. The van der Waals surface area contributed by atoms with Crippen LogP contribution in [-0.4, -0.2) is 24.5 Å². The predicted molar refractivity (Wildman–Crippen MR) is 209 cm³/mol. The highest BCUT2D eigenvalue weighted by atomic mass is 16.6. The maximum absolute atomic E-state index is 13.5. The Morgan fingerprint density at radius 1 is 0.444 bits per heavy atom. The van der Waals surface area contributed by atoms with Crippen LogP contribution in [0.1, 0.15) is 108 Å². The Kier molecular flexibility index (Phi) is 15.7. The maximum atomic E-state index is 13.5. The summed E-state index contributed by atoms with van der Waals surface area (Å²) in [6.45, 7) is 3.08. The van der Waals surface area contributed by atoms with Gasteiger partial charge in [-0.3, -0.25) is 0 Å². The molecule has 0 aliphatic carbocycles. The third-order valence-electron chi connectivity index (χ3n) is 8.74. The molecule has 54 heavy (non-hydrogen) atoms. The Hall–Kier alpha value is -5.89. The highest BCUT2D eigenvalue weighted by Gasteiger charge is 2.22. The highest BCUT2D eigenvalue weighted by Crippen LogP contribution is 2.30. The van der Waals surface area contributed by atoms with E-state index in [-0.39, 0.29) is 33.9 Å². The molecule has 280 valence electrons. The van der Waals surface area contributed by atoms with E-state index in [1.54, 1.807) is 66.7 Å². The van der Waals surface area contributed by atoms with Gasteiger partial charge in [-0.1, -0.05) is 138 Å². The fourth-order valence-electron chi connectivity index (χ4n) is 5.80. The lowest BCUT2D eigenvalue weighted by atomic mass is 10.1. The molecular weight excluding hydrogens is 680 g/mol. The summed E-state index contributed by atoms with van der Waals surface area (Å²) in [5.74, 6) is -1.02. The largest absolute Gasteiger partial charge is 0.490 e. The SMILES string of the molecule is CCCCCCCCCCCCOc1ccccc1OC(=O)c1ccccc1OC(=O)c1ccccc1OC(=O)c1cccc(OCc2ccccc2)c1. The average Bonchev–Trinajstić information content (AvgIpc) is 3.20. The van der Waals surface area contributed by atoms with Crippen molar-refractivity contribution < 1.29 is 38.1 Å². The van der Waals surface area contributed by atoms with E-state index < -0.39 is 17.9 Å². The van der Waals surface area contributed by atoms with Crippen LogP contribution in [0, 0.1) is 0 Å². The first-order chi connectivity index (χ1) is 26.5. The number of rotatable bonds is 21. The molecule has 8 nitrogen and oxygen atoms in total. The van der Waals surface area contributed by atoms with Crippen molar-refractivity contribution in [1.29, 1.82) is 0 Å². The molecule has 0 amide bonds. The van der Waals surface area contributed by atoms with Gasteiger partial charge in [0, 0.05) is 0 Å². The van der Waals surface area contributed by atoms with E-state index in [0.717, 1.165) is 18.4 Å². The number of ether oxygens (including phenoxy) is 5. The van der Waals surface area contributed by atoms with Crippen LogP contribution < -0.4 is 23.7 Å². The second-order valence-electron chi connectivity index (χ2n) is 12.9. The molecule has 0 unspecified atom stereocenters. The maximum Gasteiger partial charge on any atom is 0.347 e. The van der Waals surface area contributed by atoms with Gasteiger partial charge < -0.3 is 23.7 Å². The molecule has 0 aromatic heterocycles. The van der Waals surface area contributed by atoms with Crippen molar-refractivity contribution in [3.63, 3.8) is 0 Å². The van der Waals surface area contributed by atoms with Crippen molar-refractivity contribution in [2.24, 2.45) is 0 Å². The summed E-state index contributed by atoms with van der Waals surface area (Å²) < 4.78 is 29.0. The number of benzene rings is 5. The minimum Gasteiger partial charge on any atom is -0.490 e. The van der Waals surface area contributed by atoms with Crippen molar-refractivity contribution in [2.75, 3.05) is 6.61 Å². The van der Waals surface area contributed by atoms with Gasteiger partial charge in [-0.05, 0) is 66.6 Å².